The van der Waals surface area contributed by atoms with Gasteiger partial charge in [-0.1, -0.05) is 18.2 Å². The minimum atomic E-state index is -0.222. The molecule has 6 nitrogen and oxygen atoms in total. The van der Waals surface area contributed by atoms with Crippen molar-refractivity contribution in [3.63, 3.8) is 0 Å². The van der Waals surface area contributed by atoms with Gasteiger partial charge in [-0.05, 0) is 43.2 Å². The molecule has 0 aliphatic carbocycles. The highest BCUT2D eigenvalue weighted by molar-refractivity contribution is 6.02. The monoisotopic (exact) mass is 364 g/mol. The molecule has 0 atom stereocenters. The van der Waals surface area contributed by atoms with E-state index < -0.39 is 0 Å². The molecule has 27 heavy (non-hydrogen) atoms. The lowest BCUT2D eigenvalue weighted by molar-refractivity contribution is -0.118. The zero-order chi connectivity index (χ0) is 18.8. The molecule has 0 bridgehead atoms. The van der Waals surface area contributed by atoms with E-state index in [9.17, 15) is 14.4 Å². The Balaban J connectivity index is 1.41. The molecule has 0 unspecified atom stereocenters. The molecule has 1 fully saturated rings. The Hall–Kier alpha value is -3.15. The Morgan fingerprint density at radius 3 is 2.48 bits per heavy atom. The van der Waals surface area contributed by atoms with Crippen molar-refractivity contribution in [3.8, 4) is 5.75 Å². The Morgan fingerprint density at radius 1 is 1.00 bits per heavy atom. The van der Waals surface area contributed by atoms with E-state index in [2.05, 4.69) is 5.32 Å². The number of carbonyl (C=O) groups is 3. The smallest absolute Gasteiger partial charge is 0.262 e. The molecule has 4 rings (SSSR count). The van der Waals surface area contributed by atoms with Gasteiger partial charge < -0.3 is 15.0 Å². The highest BCUT2D eigenvalue weighted by Crippen LogP contribution is 2.31. The number of rotatable bonds is 3. The van der Waals surface area contributed by atoms with Crippen molar-refractivity contribution in [2.45, 2.75) is 12.8 Å². The van der Waals surface area contributed by atoms with Crippen LogP contribution in [0.25, 0.3) is 0 Å². The first kappa shape index (κ1) is 17.3. The number of piperidine rings is 1. The molecule has 138 valence electrons. The standard InChI is InChI=1S/C21H20N2O4/c24-19-13-27-18-7-6-16(12-17(18)22-19)20(25)14-8-10-23(11-9-14)21(26)15-4-2-1-3-5-15/h1-7,12,14H,8-11,13H2,(H,22,24). The first-order valence-corrected chi connectivity index (χ1v) is 9.07. The highest BCUT2D eigenvalue weighted by Gasteiger charge is 2.29. The number of carbonyl (C=O) groups excluding carboxylic acids is 3. The van der Waals surface area contributed by atoms with Crippen LogP contribution in [0.1, 0.15) is 33.6 Å². The molecule has 2 aliphatic rings. The lowest BCUT2D eigenvalue weighted by Gasteiger charge is -2.31. The SMILES string of the molecule is O=C1COc2ccc(C(=O)C3CCN(C(=O)c4ccccc4)CC3)cc2N1. The summed E-state index contributed by atoms with van der Waals surface area (Å²) in [5.74, 6) is 0.289. The van der Waals surface area contributed by atoms with Crippen LogP contribution in [0, 0.1) is 5.92 Å². The second kappa shape index (κ2) is 7.23. The van der Waals surface area contributed by atoms with Gasteiger partial charge in [0.15, 0.2) is 12.4 Å². The molecule has 0 spiro atoms. The van der Waals surface area contributed by atoms with Crippen LogP contribution >= 0.6 is 0 Å². The number of nitrogens with zero attached hydrogens (tertiary/aromatic N) is 1. The number of ether oxygens (including phenoxy) is 1. The maximum absolute atomic E-state index is 12.9. The van der Waals surface area contributed by atoms with E-state index in [0.717, 1.165) is 0 Å². The summed E-state index contributed by atoms with van der Waals surface area (Å²) in [6.07, 6.45) is 1.27. The molecule has 2 amide bonds. The number of hydrogen-bond acceptors (Lipinski definition) is 4. The fraction of sp³-hybridized carbons (Fsp3) is 0.286. The second-order valence-corrected chi connectivity index (χ2v) is 6.84. The minimum Gasteiger partial charge on any atom is -0.482 e. The minimum absolute atomic E-state index is 0.00576. The van der Waals surface area contributed by atoms with E-state index in [1.807, 2.05) is 30.3 Å². The Kier molecular flexibility index (Phi) is 4.62. The summed E-state index contributed by atoms with van der Waals surface area (Å²) in [5.41, 5.74) is 1.77. The highest BCUT2D eigenvalue weighted by atomic mass is 16.5. The number of benzene rings is 2. The Morgan fingerprint density at radius 2 is 1.74 bits per heavy atom. The second-order valence-electron chi connectivity index (χ2n) is 6.84. The van der Waals surface area contributed by atoms with Crippen molar-refractivity contribution in [2.24, 2.45) is 5.92 Å². The van der Waals surface area contributed by atoms with E-state index in [4.69, 9.17) is 4.74 Å². The van der Waals surface area contributed by atoms with Crippen molar-refractivity contribution >= 4 is 23.3 Å². The predicted octanol–water partition coefficient (Wildman–Crippen LogP) is 2.75. The van der Waals surface area contributed by atoms with Gasteiger partial charge in [-0.25, -0.2) is 0 Å². The summed E-state index contributed by atoms with van der Waals surface area (Å²) in [5, 5.41) is 2.73. The van der Waals surface area contributed by atoms with Crippen molar-refractivity contribution < 1.29 is 19.1 Å². The zero-order valence-electron chi connectivity index (χ0n) is 14.8. The Labute approximate surface area is 157 Å². The normalized spacial score (nSPS) is 16.9. The molecule has 6 heteroatoms. The molecule has 0 aromatic heterocycles. The fourth-order valence-electron chi connectivity index (χ4n) is 3.58. The van der Waals surface area contributed by atoms with E-state index in [1.54, 1.807) is 23.1 Å². The molecule has 2 aromatic carbocycles. The lowest BCUT2D eigenvalue weighted by Crippen LogP contribution is -2.40. The van der Waals surface area contributed by atoms with Crippen LogP contribution in [0.3, 0.4) is 0 Å². The molecule has 1 saturated heterocycles. The van der Waals surface area contributed by atoms with Crippen LogP contribution in [0.15, 0.2) is 48.5 Å². The van der Waals surface area contributed by atoms with Crippen LogP contribution in [0.5, 0.6) is 5.75 Å². The third-order valence-electron chi connectivity index (χ3n) is 5.07. The van der Waals surface area contributed by atoms with Gasteiger partial charge in [0.2, 0.25) is 0 Å². The average molecular weight is 364 g/mol. The number of amides is 2. The fourth-order valence-corrected chi connectivity index (χ4v) is 3.58. The molecule has 2 aromatic rings. The molecule has 2 aliphatic heterocycles. The van der Waals surface area contributed by atoms with E-state index >= 15 is 0 Å². The van der Waals surface area contributed by atoms with Crippen molar-refractivity contribution in [1.82, 2.24) is 4.90 Å². The van der Waals surface area contributed by atoms with Crippen LogP contribution in [-0.4, -0.2) is 42.2 Å². The molecule has 0 radical (unpaired) electrons. The van der Waals surface area contributed by atoms with Crippen LogP contribution < -0.4 is 10.1 Å². The number of ketones is 1. The van der Waals surface area contributed by atoms with Crippen molar-refractivity contribution in [1.29, 1.82) is 0 Å². The number of anilines is 1. The molecular weight excluding hydrogens is 344 g/mol. The first-order chi connectivity index (χ1) is 13.1. The van der Waals surface area contributed by atoms with Gasteiger partial charge in [0.25, 0.3) is 11.8 Å². The summed E-state index contributed by atoms with van der Waals surface area (Å²) in [6.45, 7) is 1.12. The topological polar surface area (TPSA) is 75.7 Å². The van der Waals surface area contributed by atoms with Gasteiger partial charge >= 0.3 is 0 Å². The van der Waals surface area contributed by atoms with Crippen molar-refractivity contribution in [3.05, 3.63) is 59.7 Å². The maximum atomic E-state index is 12.9. The van der Waals surface area contributed by atoms with Crippen molar-refractivity contribution in [2.75, 3.05) is 25.0 Å². The number of fused-ring (bicyclic) bond motifs is 1. The van der Waals surface area contributed by atoms with Gasteiger partial charge in [0, 0.05) is 30.1 Å². The number of likely N-dealkylation sites (tertiary alicyclic amines) is 1. The number of Topliss-reactive ketones (excluding diaryl/α,β-unsaturated/α-hetero) is 1. The van der Waals surface area contributed by atoms with E-state index in [0.29, 0.717) is 48.5 Å². The largest absolute Gasteiger partial charge is 0.482 e. The number of hydrogen-bond donors (Lipinski definition) is 1. The van der Waals surface area contributed by atoms with Gasteiger partial charge in [-0.3, -0.25) is 14.4 Å². The maximum Gasteiger partial charge on any atom is 0.262 e. The lowest BCUT2D eigenvalue weighted by atomic mass is 9.88. The third kappa shape index (κ3) is 3.56. The van der Waals surface area contributed by atoms with Gasteiger partial charge in [0.1, 0.15) is 5.75 Å². The summed E-state index contributed by atoms with van der Waals surface area (Å²) in [7, 11) is 0. The quantitative estimate of drug-likeness (QED) is 0.850. The van der Waals surface area contributed by atoms with Gasteiger partial charge in [-0.15, -0.1) is 0 Å². The summed E-state index contributed by atoms with van der Waals surface area (Å²) < 4.78 is 5.33. The average Bonchev–Trinajstić information content (AvgIpc) is 2.73. The van der Waals surface area contributed by atoms with E-state index in [1.165, 1.54) is 0 Å². The van der Waals surface area contributed by atoms with E-state index in [-0.39, 0.29) is 30.1 Å². The zero-order valence-corrected chi connectivity index (χ0v) is 14.8. The third-order valence-corrected chi connectivity index (χ3v) is 5.07. The molecule has 1 N–H and O–H groups in total. The summed E-state index contributed by atoms with van der Waals surface area (Å²) >= 11 is 0. The first-order valence-electron chi connectivity index (χ1n) is 9.07. The van der Waals surface area contributed by atoms with Gasteiger partial charge in [0.05, 0.1) is 5.69 Å². The van der Waals surface area contributed by atoms with Crippen LogP contribution in [0.2, 0.25) is 0 Å². The summed E-state index contributed by atoms with van der Waals surface area (Å²) in [6, 6.07) is 14.3. The summed E-state index contributed by atoms with van der Waals surface area (Å²) in [4.78, 5) is 38.7. The van der Waals surface area contributed by atoms with Crippen LogP contribution in [-0.2, 0) is 4.79 Å². The van der Waals surface area contributed by atoms with Crippen LogP contribution in [0.4, 0.5) is 5.69 Å². The number of nitrogens with one attached hydrogen (secondary N) is 1. The molecule has 0 saturated carbocycles. The Bertz CT molecular complexity index is 886. The predicted molar refractivity (Wildman–Crippen MR) is 100.0 cm³/mol. The van der Waals surface area contributed by atoms with Gasteiger partial charge in [-0.2, -0.15) is 0 Å². The molecule has 2 heterocycles. The molecular formula is C21H20N2O4.